The van der Waals surface area contributed by atoms with Crippen LogP contribution in [0.4, 0.5) is 0 Å². The summed E-state index contributed by atoms with van der Waals surface area (Å²) in [5.41, 5.74) is 0. The van der Waals surface area contributed by atoms with Gasteiger partial charge in [0.05, 0.1) is 0 Å². The molecule has 0 aliphatic heterocycles. The van der Waals surface area contributed by atoms with Crippen molar-refractivity contribution in [3.8, 4) is 0 Å². The molecule has 1 aliphatic rings. The van der Waals surface area contributed by atoms with E-state index in [1.807, 2.05) is 6.08 Å². The normalized spacial score (nSPS) is 32.8. The fourth-order valence-electron chi connectivity index (χ4n) is 1.43. The number of alkyl halides is 4. The van der Waals surface area contributed by atoms with Crippen LogP contribution in [-0.2, 0) is 0 Å². The minimum Gasteiger partial charge on any atom is -0.103 e. The van der Waals surface area contributed by atoms with Crippen LogP contribution in [-0.4, -0.2) is 6.47 Å². The van der Waals surface area contributed by atoms with Crippen molar-refractivity contribution < 1.29 is 0 Å². The molecule has 70 valence electrons. The summed E-state index contributed by atoms with van der Waals surface area (Å²) >= 11 is 14.7. The summed E-state index contributed by atoms with van der Waals surface area (Å²) in [4.78, 5) is 0. The fourth-order valence-corrected chi connectivity index (χ4v) is 3.81. The minimum atomic E-state index is -0.118. The van der Waals surface area contributed by atoms with E-state index in [9.17, 15) is 0 Å². The van der Waals surface area contributed by atoms with Gasteiger partial charge in [0, 0.05) is 5.92 Å². The topological polar surface area (TPSA) is 0 Å². The zero-order valence-corrected chi connectivity index (χ0v) is 12.8. The second-order valence-electron chi connectivity index (χ2n) is 3.06. The molecule has 0 aromatic carbocycles. The van der Waals surface area contributed by atoms with E-state index < -0.39 is 0 Å². The highest BCUT2D eigenvalue weighted by Gasteiger charge is 2.51. The van der Waals surface area contributed by atoms with Crippen LogP contribution in [0.3, 0.4) is 0 Å². The van der Waals surface area contributed by atoms with E-state index in [2.05, 4.69) is 70.3 Å². The third-order valence-corrected chi connectivity index (χ3v) is 8.95. The Kier molecular flexibility index (Phi) is 3.94. The smallest absolute Gasteiger partial charge is 0.103 e. The third-order valence-electron chi connectivity index (χ3n) is 2.24. The first kappa shape index (κ1) is 11.7. The van der Waals surface area contributed by atoms with Crippen LogP contribution in [0.25, 0.3) is 0 Å². The second-order valence-corrected chi connectivity index (χ2v) is 10.4. The van der Waals surface area contributed by atoms with Gasteiger partial charge in [-0.2, -0.15) is 0 Å². The Morgan fingerprint density at radius 2 is 1.83 bits per heavy atom. The van der Waals surface area contributed by atoms with Gasteiger partial charge in [-0.05, 0) is 12.8 Å². The van der Waals surface area contributed by atoms with Gasteiger partial charge in [0.25, 0.3) is 0 Å². The molecule has 1 unspecified atom stereocenters. The van der Waals surface area contributed by atoms with Crippen molar-refractivity contribution in [2.45, 2.75) is 25.7 Å². The van der Waals surface area contributed by atoms with Gasteiger partial charge in [0.15, 0.2) is 0 Å². The fraction of sp³-hybridized carbons (Fsp3) is 0.750. The molecule has 0 heterocycles. The SMILES string of the molecule is C=CC1CCCC(Br)(Br)C1(Br)Br. The predicted octanol–water partition coefficient (Wildman–Crippen LogP) is 4.94. The van der Waals surface area contributed by atoms with Gasteiger partial charge in [0.2, 0.25) is 0 Å². The van der Waals surface area contributed by atoms with Gasteiger partial charge >= 0.3 is 0 Å². The van der Waals surface area contributed by atoms with Crippen LogP contribution in [0.2, 0.25) is 0 Å². The molecule has 1 saturated carbocycles. The third kappa shape index (κ3) is 2.01. The second kappa shape index (κ2) is 4.03. The van der Waals surface area contributed by atoms with Gasteiger partial charge in [-0.15, -0.1) is 6.58 Å². The van der Waals surface area contributed by atoms with Crippen molar-refractivity contribution in [3.63, 3.8) is 0 Å². The average Bonchev–Trinajstić information content (AvgIpc) is 1.95. The summed E-state index contributed by atoms with van der Waals surface area (Å²) in [7, 11) is 0. The lowest BCUT2D eigenvalue weighted by molar-refractivity contribution is 0.418. The molecule has 0 radical (unpaired) electrons. The maximum Gasteiger partial charge on any atom is 0.112 e. The zero-order chi connectivity index (χ0) is 9.41. The van der Waals surface area contributed by atoms with Crippen LogP contribution in [0.1, 0.15) is 19.3 Å². The van der Waals surface area contributed by atoms with Gasteiger partial charge in [0.1, 0.15) is 6.47 Å². The summed E-state index contributed by atoms with van der Waals surface area (Å²) in [5, 5.41) is 0. The summed E-state index contributed by atoms with van der Waals surface area (Å²) in [6.45, 7) is 3.84. The number of rotatable bonds is 1. The van der Waals surface area contributed by atoms with E-state index in [0.717, 1.165) is 6.42 Å². The molecular formula is C8H10Br4. The molecule has 0 nitrogen and oxygen atoms in total. The Labute approximate surface area is 107 Å². The first-order valence-corrected chi connectivity index (χ1v) is 6.97. The van der Waals surface area contributed by atoms with E-state index in [4.69, 9.17) is 0 Å². The van der Waals surface area contributed by atoms with Crippen LogP contribution in [0, 0.1) is 5.92 Å². The van der Waals surface area contributed by atoms with E-state index in [0.29, 0.717) is 5.92 Å². The van der Waals surface area contributed by atoms with E-state index in [-0.39, 0.29) is 6.47 Å². The van der Waals surface area contributed by atoms with E-state index >= 15 is 0 Å². The number of hydrogen-bond acceptors (Lipinski definition) is 0. The molecular weight excluding hydrogens is 416 g/mol. The highest BCUT2D eigenvalue weighted by molar-refractivity contribution is 9.30. The summed E-state index contributed by atoms with van der Waals surface area (Å²) in [5.74, 6) is 0.449. The van der Waals surface area contributed by atoms with Gasteiger partial charge in [-0.3, -0.25) is 0 Å². The Morgan fingerprint density at radius 1 is 1.25 bits per heavy atom. The van der Waals surface area contributed by atoms with Gasteiger partial charge in [-0.25, -0.2) is 0 Å². The van der Waals surface area contributed by atoms with Crippen LogP contribution < -0.4 is 0 Å². The molecule has 1 atom stereocenters. The van der Waals surface area contributed by atoms with Crippen molar-refractivity contribution in [3.05, 3.63) is 12.7 Å². The van der Waals surface area contributed by atoms with Crippen molar-refractivity contribution >= 4 is 63.7 Å². The Balaban J connectivity index is 2.89. The lowest BCUT2D eigenvalue weighted by atomic mass is 9.89. The van der Waals surface area contributed by atoms with E-state index in [1.54, 1.807) is 0 Å². The average molecular weight is 426 g/mol. The predicted molar refractivity (Wildman–Crippen MR) is 68.7 cm³/mol. The Bertz CT molecular complexity index is 185. The molecule has 0 aromatic heterocycles. The molecule has 12 heavy (non-hydrogen) atoms. The van der Waals surface area contributed by atoms with Crippen molar-refractivity contribution in [2.75, 3.05) is 0 Å². The van der Waals surface area contributed by atoms with Crippen LogP contribution in [0.5, 0.6) is 0 Å². The van der Waals surface area contributed by atoms with Crippen molar-refractivity contribution in [1.82, 2.24) is 0 Å². The van der Waals surface area contributed by atoms with Gasteiger partial charge < -0.3 is 0 Å². The first-order chi connectivity index (χ1) is 5.42. The minimum absolute atomic E-state index is 0.0654. The highest BCUT2D eigenvalue weighted by Crippen LogP contribution is 2.59. The van der Waals surface area contributed by atoms with Crippen molar-refractivity contribution in [1.29, 1.82) is 0 Å². The molecule has 1 fully saturated rings. The molecule has 1 aliphatic carbocycles. The maximum atomic E-state index is 3.84. The Morgan fingerprint density at radius 3 is 2.25 bits per heavy atom. The molecule has 0 amide bonds. The lowest BCUT2D eigenvalue weighted by Gasteiger charge is -2.43. The quantitative estimate of drug-likeness (QED) is 0.412. The molecule has 0 aromatic rings. The number of hydrogen-bond donors (Lipinski definition) is 0. The molecule has 0 N–H and O–H groups in total. The van der Waals surface area contributed by atoms with Crippen molar-refractivity contribution in [2.24, 2.45) is 5.92 Å². The summed E-state index contributed by atoms with van der Waals surface area (Å²) < 4.78 is -0.183. The Hall–Kier alpha value is 1.66. The summed E-state index contributed by atoms with van der Waals surface area (Å²) in [6, 6.07) is 0. The van der Waals surface area contributed by atoms with Gasteiger partial charge in [-0.1, -0.05) is 76.2 Å². The molecule has 0 saturated heterocycles. The maximum absolute atomic E-state index is 3.84. The first-order valence-electron chi connectivity index (χ1n) is 3.80. The molecule has 0 bridgehead atoms. The highest BCUT2D eigenvalue weighted by atomic mass is 79.9. The van der Waals surface area contributed by atoms with Crippen LogP contribution in [0.15, 0.2) is 12.7 Å². The zero-order valence-electron chi connectivity index (χ0n) is 6.49. The molecule has 1 rings (SSSR count). The lowest BCUT2D eigenvalue weighted by Crippen LogP contribution is -2.43. The van der Waals surface area contributed by atoms with E-state index in [1.165, 1.54) is 12.8 Å². The monoisotopic (exact) mass is 422 g/mol. The largest absolute Gasteiger partial charge is 0.112 e. The number of halogens is 4. The molecule has 4 heteroatoms. The number of allylic oxidation sites excluding steroid dienone is 1. The van der Waals surface area contributed by atoms with Crippen LogP contribution >= 0.6 is 63.7 Å². The molecule has 0 spiro atoms. The standard InChI is InChI=1S/C8H10Br4/c1-2-6-4-3-5-7(9,10)8(6,11)12/h2,6H,1,3-5H2. The summed E-state index contributed by atoms with van der Waals surface area (Å²) in [6.07, 6.45) is 5.50.